The van der Waals surface area contributed by atoms with E-state index in [1.807, 2.05) is 0 Å². The van der Waals surface area contributed by atoms with Gasteiger partial charge in [0.1, 0.15) is 0 Å². The van der Waals surface area contributed by atoms with Crippen LogP contribution in [-0.2, 0) is 10.2 Å². The molecule has 1 aromatic rings. The number of hydrogen-bond acceptors (Lipinski definition) is 2. The van der Waals surface area contributed by atoms with Crippen molar-refractivity contribution in [2.75, 3.05) is 13.1 Å². The molecule has 1 saturated heterocycles. The Kier molecular flexibility index (Phi) is 4.03. The molecule has 0 spiro atoms. The van der Waals surface area contributed by atoms with Gasteiger partial charge >= 0.3 is 0 Å². The first-order chi connectivity index (χ1) is 10.1. The first kappa shape index (κ1) is 14.6. The Morgan fingerprint density at radius 2 is 2.14 bits per heavy atom. The van der Waals surface area contributed by atoms with Crippen LogP contribution in [0.15, 0.2) is 24.3 Å². The lowest BCUT2D eigenvalue weighted by Gasteiger charge is -2.28. The van der Waals surface area contributed by atoms with Gasteiger partial charge in [-0.3, -0.25) is 4.79 Å². The van der Waals surface area contributed by atoms with Crippen LogP contribution < -0.4 is 10.6 Å². The minimum absolute atomic E-state index is 0.189. The Morgan fingerprint density at radius 3 is 2.81 bits per heavy atom. The normalized spacial score (nSPS) is 27.1. The molecule has 0 radical (unpaired) electrons. The molecule has 2 fully saturated rings. The molecule has 21 heavy (non-hydrogen) atoms. The minimum atomic E-state index is 0.189. The Bertz CT molecular complexity index is 522. The van der Waals surface area contributed by atoms with Gasteiger partial charge in [0.2, 0.25) is 5.91 Å². The Labute approximate surface area is 127 Å². The van der Waals surface area contributed by atoms with Crippen LogP contribution in [0.1, 0.15) is 43.7 Å². The summed E-state index contributed by atoms with van der Waals surface area (Å²) in [5.74, 6) is 0.442. The summed E-state index contributed by atoms with van der Waals surface area (Å²) in [5.41, 5.74) is 2.98. The molecule has 1 amide bonds. The zero-order valence-electron chi connectivity index (χ0n) is 13.1. The maximum Gasteiger partial charge on any atom is 0.223 e. The first-order valence-corrected chi connectivity index (χ1v) is 8.18. The van der Waals surface area contributed by atoms with Crippen molar-refractivity contribution in [1.29, 1.82) is 0 Å². The molecular weight excluding hydrogens is 260 g/mol. The third-order valence-corrected chi connectivity index (χ3v) is 5.17. The van der Waals surface area contributed by atoms with Gasteiger partial charge in [-0.25, -0.2) is 0 Å². The molecule has 1 aliphatic heterocycles. The van der Waals surface area contributed by atoms with Crippen LogP contribution in [0.5, 0.6) is 0 Å². The zero-order chi connectivity index (χ0) is 14.9. The summed E-state index contributed by atoms with van der Waals surface area (Å²) >= 11 is 0. The molecule has 3 heteroatoms. The molecule has 3 rings (SSSR count). The van der Waals surface area contributed by atoms with Crippen molar-refractivity contribution in [2.45, 2.75) is 51.0 Å². The zero-order valence-corrected chi connectivity index (χ0v) is 13.1. The second-order valence-corrected chi connectivity index (χ2v) is 6.89. The summed E-state index contributed by atoms with van der Waals surface area (Å²) in [5, 5.41) is 6.64. The van der Waals surface area contributed by atoms with Crippen molar-refractivity contribution >= 4 is 5.91 Å². The molecular formula is C18H26N2O. The van der Waals surface area contributed by atoms with E-state index >= 15 is 0 Å². The second kappa shape index (κ2) is 5.80. The minimum Gasteiger partial charge on any atom is -0.355 e. The van der Waals surface area contributed by atoms with Gasteiger partial charge in [0, 0.05) is 23.9 Å². The highest BCUT2D eigenvalue weighted by atomic mass is 16.1. The van der Waals surface area contributed by atoms with Gasteiger partial charge in [-0.1, -0.05) is 24.3 Å². The van der Waals surface area contributed by atoms with E-state index in [0.717, 1.165) is 25.9 Å². The summed E-state index contributed by atoms with van der Waals surface area (Å²) in [6.07, 6.45) is 4.32. The number of rotatable bonds is 4. The summed E-state index contributed by atoms with van der Waals surface area (Å²) in [7, 11) is 0. The molecule has 2 N–H and O–H groups in total. The number of carbonyl (C=O) groups is 1. The van der Waals surface area contributed by atoms with Gasteiger partial charge in [-0.15, -0.1) is 0 Å². The van der Waals surface area contributed by atoms with Crippen molar-refractivity contribution in [3.8, 4) is 0 Å². The summed E-state index contributed by atoms with van der Waals surface area (Å²) in [6.45, 7) is 6.10. The van der Waals surface area contributed by atoms with E-state index < -0.39 is 0 Å². The fraction of sp³-hybridized carbons (Fsp3) is 0.611. The second-order valence-electron chi connectivity index (χ2n) is 6.89. The van der Waals surface area contributed by atoms with E-state index in [1.54, 1.807) is 0 Å². The smallest absolute Gasteiger partial charge is 0.223 e. The third kappa shape index (κ3) is 3.13. The number of nitrogens with one attached hydrogen (secondary N) is 2. The number of carbonyl (C=O) groups excluding carboxylic acids is 1. The summed E-state index contributed by atoms with van der Waals surface area (Å²) < 4.78 is 0. The number of benzene rings is 1. The highest BCUT2D eigenvalue weighted by Crippen LogP contribution is 2.48. The molecule has 2 atom stereocenters. The van der Waals surface area contributed by atoms with Crippen LogP contribution in [-0.4, -0.2) is 25.0 Å². The third-order valence-electron chi connectivity index (χ3n) is 5.17. The summed E-state index contributed by atoms with van der Waals surface area (Å²) in [6, 6.07) is 9.05. The molecule has 0 aromatic heterocycles. The predicted molar refractivity (Wildman–Crippen MR) is 85.3 cm³/mol. The van der Waals surface area contributed by atoms with Gasteiger partial charge in [0.15, 0.2) is 0 Å². The molecule has 114 valence electrons. The van der Waals surface area contributed by atoms with E-state index in [0.29, 0.717) is 6.04 Å². The van der Waals surface area contributed by atoms with Crippen molar-refractivity contribution in [3.05, 3.63) is 35.4 Å². The van der Waals surface area contributed by atoms with Crippen molar-refractivity contribution in [2.24, 2.45) is 5.92 Å². The van der Waals surface area contributed by atoms with Crippen LogP contribution in [0.3, 0.4) is 0 Å². The van der Waals surface area contributed by atoms with Gasteiger partial charge in [-0.2, -0.15) is 0 Å². The highest BCUT2D eigenvalue weighted by Gasteiger charge is 2.45. The van der Waals surface area contributed by atoms with E-state index in [-0.39, 0.29) is 17.2 Å². The molecule has 1 saturated carbocycles. The quantitative estimate of drug-likeness (QED) is 0.893. The van der Waals surface area contributed by atoms with E-state index in [1.165, 1.54) is 24.0 Å². The standard InChI is InChI=1S/C18H26N2O/c1-13-5-3-4-6-16(13)18(8-9-18)12-20-17(21)15-7-10-19-14(2)11-15/h3-6,14-15,19H,7-12H2,1-2H3,(H,20,21)/t14-,15-/m0/s1. The van der Waals surface area contributed by atoms with Crippen LogP contribution in [0.4, 0.5) is 0 Å². The largest absolute Gasteiger partial charge is 0.355 e. The Balaban J connectivity index is 1.60. The predicted octanol–water partition coefficient (Wildman–Crippen LogP) is 2.53. The van der Waals surface area contributed by atoms with Crippen LogP contribution in [0, 0.1) is 12.8 Å². The van der Waals surface area contributed by atoms with Crippen molar-refractivity contribution in [3.63, 3.8) is 0 Å². The number of aryl methyl sites for hydroxylation is 1. The fourth-order valence-electron chi connectivity index (χ4n) is 3.63. The van der Waals surface area contributed by atoms with Crippen molar-refractivity contribution < 1.29 is 4.79 Å². The SMILES string of the molecule is Cc1ccccc1C1(CNC(=O)[C@H]2CCN[C@@H](C)C2)CC1. The van der Waals surface area contributed by atoms with Crippen molar-refractivity contribution in [1.82, 2.24) is 10.6 Å². The lowest BCUT2D eigenvalue weighted by atomic mass is 9.90. The van der Waals surface area contributed by atoms with E-state index in [9.17, 15) is 4.79 Å². The van der Waals surface area contributed by atoms with Crippen LogP contribution in [0.2, 0.25) is 0 Å². The molecule has 3 nitrogen and oxygen atoms in total. The fourth-order valence-corrected chi connectivity index (χ4v) is 3.63. The molecule has 0 bridgehead atoms. The maximum absolute atomic E-state index is 12.4. The van der Waals surface area contributed by atoms with Gasteiger partial charge in [0.25, 0.3) is 0 Å². The molecule has 1 aromatic carbocycles. The molecule has 1 heterocycles. The monoisotopic (exact) mass is 286 g/mol. The average Bonchev–Trinajstić information content (AvgIpc) is 3.26. The maximum atomic E-state index is 12.4. The summed E-state index contributed by atoms with van der Waals surface area (Å²) in [4.78, 5) is 12.4. The lowest BCUT2D eigenvalue weighted by Crippen LogP contribution is -2.44. The number of piperidine rings is 1. The highest BCUT2D eigenvalue weighted by molar-refractivity contribution is 5.79. The van der Waals surface area contributed by atoms with Crippen LogP contribution >= 0.6 is 0 Å². The van der Waals surface area contributed by atoms with Gasteiger partial charge in [-0.05, 0) is 57.2 Å². The van der Waals surface area contributed by atoms with Gasteiger partial charge in [0.05, 0.1) is 0 Å². The average molecular weight is 286 g/mol. The number of hydrogen-bond donors (Lipinski definition) is 2. The number of amides is 1. The first-order valence-electron chi connectivity index (χ1n) is 8.18. The van der Waals surface area contributed by atoms with Crippen LogP contribution in [0.25, 0.3) is 0 Å². The topological polar surface area (TPSA) is 41.1 Å². The molecule has 2 aliphatic rings. The molecule has 0 unspecified atom stereocenters. The van der Waals surface area contributed by atoms with Gasteiger partial charge < -0.3 is 10.6 Å². The lowest BCUT2D eigenvalue weighted by molar-refractivity contribution is -0.126. The van der Waals surface area contributed by atoms with E-state index in [4.69, 9.17) is 0 Å². The Morgan fingerprint density at radius 1 is 1.38 bits per heavy atom. The van der Waals surface area contributed by atoms with E-state index in [2.05, 4.69) is 48.7 Å². The molecule has 1 aliphatic carbocycles. The Hall–Kier alpha value is -1.35.